The van der Waals surface area contributed by atoms with Crippen LogP contribution < -0.4 is 9.62 Å². The quantitative estimate of drug-likeness (QED) is 0.301. The number of nitrogens with one attached hydrogen (secondary N) is 1. The summed E-state index contributed by atoms with van der Waals surface area (Å²) in [5, 5.41) is 3.18. The van der Waals surface area contributed by atoms with Gasteiger partial charge in [0.1, 0.15) is 12.6 Å². The fourth-order valence-corrected chi connectivity index (χ4v) is 6.13. The maximum atomic E-state index is 14.1. The van der Waals surface area contributed by atoms with Crippen molar-refractivity contribution in [3.05, 3.63) is 99.6 Å². The number of hydrogen-bond donors (Lipinski definition) is 1. The van der Waals surface area contributed by atoms with Crippen LogP contribution in [0, 0.1) is 3.57 Å². The van der Waals surface area contributed by atoms with Crippen LogP contribution in [0.25, 0.3) is 0 Å². The molecule has 0 unspecified atom stereocenters. The number of amides is 2. The number of halogens is 1. The molecule has 1 aliphatic carbocycles. The van der Waals surface area contributed by atoms with Gasteiger partial charge >= 0.3 is 0 Å². The summed E-state index contributed by atoms with van der Waals surface area (Å²) in [5.74, 6) is -0.652. The number of anilines is 1. The average molecular weight is 660 g/mol. The largest absolute Gasteiger partial charge is 0.352 e. The van der Waals surface area contributed by atoms with E-state index in [2.05, 4.69) is 27.9 Å². The Kier molecular flexibility index (Phi) is 10.0. The highest BCUT2D eigenvalue weighted by molar-refractivity contribution is 14.1. The number of hydrogen-bond acceptors (Lipinski definition) is 4. The smallest absolute Gasteiger partial charge is 0.244 e. The normalized spacial score (nSPS) is 14.5. The molecule has 0 radical (unpaired) electrons. The minimum atomic E-state index is -3.77. The summed E-state index contributed by atoms with van der Waals surface area (Å²) in [4.78, 5) is 29.4. The molecule has 1 atom stereocenters. The Labute approximate surface area is 244 Å². The minimum absolute atomic E-state index is 0.0868. The number of rotatable bonds is 11. The Morgan fingerprint density at radius 2 is 1.46 bits per heavy atom. The molecule has 2 amide bonds. The van der Waals surface area contributed by atoms with Crippen LogP contribution in [0.4, 0.5) is 5.69 Å². The molecule has 1 fully saturated rings. The van der Waals surface area contributed by atoms with Gasteiger partial charge in [-0.1, -0.05) is 73.5 Å². The van der Waals surface area contributed by atoms with Gasteiger partial charge in [-0.2, -0.15) is 0 Å². The van der Waals surface area contributed by atoms with E-state index in [1.165, 1.54) is 4.90 Å². The van der Waals surface area contributed by atoms with E-state index in [4.69, 9.17) is 0 Å². The van der Waals surface area contributed by atoms with Crippen LogP contribution in [-0.2, 0) is 32.6 Å². The summed E-state index contributed by atoms with van der Waals surface area (Å²) < 4.78 is 27.7. The molecular weight excluding hydrogens is 625 g/mol. The van der Waals surface area contributed by atoms with Gasteiger partial charge in [0.2, 0.25) is 21.8 Å². The van der Waals surface area contributed by atoms with E-state index in [9.17, 15) is 18.0 Å². The molecule has 1 saturated carbocycles. The summed E-state index contributed by atoms with van der Waals surface area (Å²) in [6.45, 7) is -0.228. The molecule has 0 spiro atoms. The molecule has 4 rings (SSSR count). The Morgan fingerprint density at radius 1 is 0.897 bits per heavy atom. The Balaban J connectivity index is 1.70. The van der Waals surface area contributed by atoms with Crippen LogP contribution >= 0.6 is 22.6 Å². The van der Waals surface area contributed by atoms with Gasteiger partial charge in [0.25, 0.3) is 0 Å². The predicted molar refractivity (Wildman–Crippen MR) is 163 cm³/mol. The highest BCUT2D eigenvalue weighted by Gasteiger charge is 2.34. The van der Waals surface area contributed by atoms with Crippen molar-refractivity contribution in [1.82, 2.24) is 10.2 Å². The molecule has 9 heteroatoms. The van der Waals surface area contributed by atoms with Crippen LogP contribution in [0.2, 0.25) is 0 Å². The zero-order chi connectivity index (χ0) is 27.8. The molecule has 1 N–H and O–H groups in total. The van der Waals surface area contributed by atoms with E-state index in [1.807, 2.05) is 60.7 Å². The fourth-order valence-electron chi connectivity index (χ4n) is 4.92. The zero-order valence-electron chi connectivity index (χ0n) is 22.0. The summed E-state index contributed by atoms with van der Waals surface area (Å²) in [6.07, 6.45) is 5.39. The third-order valence-corrected chi connectivity index (χ3v) is 8.82. The molecule has 3 aromatic carbocycles. The van der Waals surface area contributed by atoms with E-state index in [0.29, 0.717) is 12.1 Å². The van der Waals surface area contributed by atoms with E-state index < -0.39 is 28.5 Å². The van der Waals surface area contributed by atoms with E-state index in [1.54, 1.807) is 24.3 Å². The van der Waals surface area contributed by atoms with Gasteiger partial charge in [0.05, 0.1) is 11.9 Å². The van der Waals surface area contributed by atoms with Gasteiger partial charge in [-0.3, -0.25) is 13.9 Å². The molecule has 206 valence electrons. The second-order valence-electron chi connectivity index (χ2n) is 9.95. The maximum absolute atomic E-state index is 14.1. The van der Waals surface area contributed by atoms with E-state index in [0.717, 1.165) is 50.9 Å². The zero-order valence-corrected chi connectivity index (χ0v) is 25.0. The van der Waals surface area contributed by atoms with E-state index >= 15 is 0 Å². The lowest BCUT2D eigenvalue weighted by Crippen LogP contribution is -2.54. The second-order valence-corrected chi connectivity index (χ2v) is 13.1. The second kappa shape index (κ2) is 13.4. The fraction of sp³-hybridized carbons (Fsp3) is 0.333. The highest BCUT2D eigenvalue weighted by atomic mass is 127. The summed E-state index contributed by atoms with van der Waals surface area (Å²) in [7, 11) is -3.77. The molecule has 0 heterocycles. The first-order valence-corrected chi connectivity index (χ1v) is 16.0. The molecular formula is C30H34IN3O4S. The van der Waals surface area contributed by atoms with Crippen LogP contribution in [0.15, 0.2) is 84.9 Å². The van der Waals surface area contributed by atoms with E-state index in [-0.39, 0.29) is 18.5 Å². The Bertz CT molecular complexity index is 1350. The van der Waals surface area contributed by atoms with Crippen LogP contribution in [0.1, 0.15) is 36.8 Å². The topological polar surface area (TPSA) is 86.8 Å². The van der Waals surface area contributed by atoms with Crippen molar-refractivity contribution in [2.75, 3.05) is 17.1 Å². The summed E-state index contributed by atoms with van der Waals surface area (Å²) in [5.41, 5.74) is 2.19. The number of benzene rings is 3. The maximum Gasteiger partial charge on any atom is 0.244 e. The van der Waals surface area contributed by atoms with Crippen molar-refractivity contribution in [2.24, 2.45) is 0 Å². The first-order chi connectivity index (χ1) is 18.7. The highest BCUT2D eigenvalue weighted by Crippen LogP contribution is 2.23. The van der Waals surface area contributed by atoms with Crippen LogP contribution in [0.3, 0.4) is 0 Å². The van der Waals surface area contributed by atoms with Gasteiger partial charge in [0.15, 0.2) is 0 Å². The van der Waals surface area contributed by atoms with Crippen molar-refractivity contribution in [3.8, 4) is 0 Å². The van der Waals surface area contributed by atoms with Crippen molar-refractivity contribution >= 4 is 50.1 Å². The Morgan fingerprint density at radius 3 is 2.03 bits per heavy atom. The summed E-state index contributed by atoms with van der Waals surface area (Å²) in [6, 6.07) is 25.3. The molecule has 3 aromatic rings. The predicted octanol–water partition coefficient (Wildman–Crippen LogP) is 4.76. The lowest BCUT2D eigenvalue weighted by atomic mass is 10.0. The number of carbonyl (C=O) groups is 2. The number of nitrogens with zero attached hydrogens (tertiary/aromatic N) is 2. The third-order valence-electron chi connectivity index (χ3n) is 6.96. The molecule has 0 aromatic heterocycles. The summed E-state index contributed by atoms with van der Waals surface area (Å²) >= 11 is 2.15. The molecule has 0 aliphatic heterocycles. The van der Waals surface area contributed by atoms with Crippen molar-refractivity contribution < 1.29 is 18.0 Å². The molecule has 1 aliphatic rings. The van der Waals surface area contributed by atoms with Gasteiger partial charge < -0.3 is 10.2 Å². The van der Waals surface area contributed by atoms with Crippen LogP contribution in [-0.4, -0.2) is 50.0 Å². The lowest BCUT2D eigenvalue weighted by Gasteiger charge is -2.34. The third kappa shape index (κ3) is 8.28. The Hall–Kier alpha value is -2.92. The first-order valence-electron chi connectivity index (χ1n) is 13.1. The van der Waals surface area contributed by atoms with Crippen molar-refractivity contribution in [1.29, 1.82) is 0 Å². The van der Waals surface area contributed by atoms with Gasteiger partial charge in [0, 0.05) is 22.6 Å². The standard InChI is InChI=1S/C30H34IN3O4S/c1-39(37,38)34(27-18-16-25(31)17-19-27)22-29(35)33(21-24-12-6-3-7-13-24)28(20-23-10-4-2-5-11-23)30(36)32-26-14-8-9-15-26/h2-7,10-13,16-19,26,28H,8-9,14-15,20-22H2,1H3,(H,32,36)/t28-/m0/s1. The molecule has 39 heavy (non-hydrogen) atoms. The SMILES string of the molecule is CS(=O)(=O)N(CC(=O)N(Cc1ccccc1)[C@@H](Cc1ccccc1)C(=O)NC1CCCC1)c1ccc(I)cc1. The molecule has 7 nitrogen and oxygen atoms in total. The molecule has 0 saturated heterocycles. The monoisotopic (exact) mass is 659 g/mol. The number of carbonyl (C=O) groups excluding carboxylic acids is 2. The van der Waals surface area contributed by atoms with Crippen LogP contribution in [0.5, 0.6) is 0 Å². The average Bonchev–Trinajstić information content (AvgIpc) is 3.43. The van der Waals surface area contributed by atoms with Gasteiger partial charge in [-0.15, -0.1) is 0 Å². The molecule has 0 bridgehead atoms. The van der Waals surface area contributed by atoms with Crippen molar-refractivity contribution in [2.45, 2.75) is 50.7 Å². The van der Waals surface area contributed by atoms with Gasteiger partial charge in [-0.05, 0) is 70.8 Å². The lowest BCUT2D eigenvalue weighted by molar-refractivity contribution is -0.140. The minimum Gasteiger partial charge on any atom is -0.352 e. The van der Waals surface area contributed by atoms with Gasteiger partial charge in [-0.25, -0.2) is 8.42 Å². The number of sulfonamides is 1. The van der Waals surface area contributed by atoms with Crippen molar-refractivity contribution in [3.63, 3.8) is 0 Å². The first kappa shape index (κ1) is 29.1.